The lowest BCUT2D eigenvalue weighted by molar-refractivity contribution is 0.108. The molecule has 0 saturated heterocycles. The van der Waals surface area contributed by atoms with E-state index in [-0.39, 0.29) is 5.12 Å². The van der Waals surface area contributed by atoms with Gasteiger partial charge in [-0.15, -0.1) is 10.2 Å². The molecule has 4 nitrogen and oxygen atoms in total. The van der Waals surface area contributed by atoms with Gasteiger partial charge in [-0.3, -0.25) is 4.79 Å². The predicted molar refractivity (Wildman–Crippen MR) is 57.6 cm³/mol. The second-order valence-corrected chi connectivity index (χ2v) is 3.92. The zero-order chi connectivity index (χ0) is 10.7. The topological polar surface area (TPSA) is 47.8 Å². The van der Waals surface area contributed by atoms with Crippen LogP contribution in [0.25, 0.3) is 0 Å². The summed E-state index contributed by atoms with van der Waals surface area (Å²) in [6, 6.07) is 9.12. The average Bonchev–Trinajstić information content (AvgIpc) is 2.66. The van der Waals surface area contributed by atoms with E-state index < -0.39 is 0 Å². The Labute approximate surface area is 91.3 Å². The molecule has 0 spiro atoms. The molecular weight excluding hydrogens is 210 g/mol. The molecular formula is C10H9N3OS. The maximum absolute atomic E-state index is 11.7. The third kappa shape index (κ3) is 2.24. The minimum atomic E-state index is -0.0216. The molecule has 1 aromatic carbocycles. The summed E-state index contributed by atoms with van der Waals surface area (Å²) in [6.45, 7) is 0. The van der Waals surface area contributed by atoms with Crippen LogP contribution in [-0.4, -0.2) is 19.9 Å². The van der Waals surface area contributed by atoms with Crippen molar-refractivity contribution in [2.24, 2.45) is 7.05 Å². The average molecular weight is 219 g/mol. The first-order chi connectivity index (χ1) is 7.27. The van der Waals surface area contributed by atoms with Gasteiger partial charge in [0.1, 0.15) is 6.33 Å². The lowest BCUT2D eigenvalue weighted by Gasteiger charge is -1.99. The number of rotatable bonds is 2. The van der Waals surface area contributed by atoms with E-state index in [4.69, 9.17) is 0 Å². The molecule has 0 aliphatic heterocycles. The molecule has 1 heterocycles. The molecule has 0 fully saturated rings. The van der Waals surface area contributed by atoms with E-state index in [0.717, 1.165) is 11.8 Å². The first kappa shape index (κ1) is 9.92. The zero-order valence-electron chi connectivity index (χ0n) is 8.12. The molecule has 0 aliphatic carbocycles. The van der Waals surface area contributed by atoms with Crippen molar-refractivity contribution in [3.8, 4) is 0 Å². The normalized spacial score (nSPS) is 10.2. The highest BCUT2D eigenvalue weighted by Gasteiger charge is 2.10. The van der Waals surface area contributed by atoms with Crippen LogP contribution < -0.4 is 0 Å². The Hall–Kier alpha value is -1.62. The Morgan fingerprint density at radius 3 is 2.67 bits per heavy atom. The smallest absolute Gasteiger partial charge is 0.227 e. The van der Waals surface area contributed by atoms with E-state index in [1.54, 1.807) is 30.1 Å². The standard InChI is InChI=1S/C10H9N3OS/c1-13-7-11-12-10(13)15-9(14)8-5-3-2-4-6-8/h2-7H,1H3. The van der Waals surface area contributed by atoms with Gasteiger partial charge in [0.05, 0.1) is 0 Å². The van der Waals surface area contributed by atoms with Crippen molar-refractivity contribution >= 4 is 16.9 Å². The number of aromatic nitrogens is 3. The molecule has 0 aliphatic rings. The number of benzene rings is 1. The van der Waals surface area contributed by atoms with Crippen LogP contribution >= 0.6 is 11.8 Å². The fourth-order valence-corrected chi connectivity index (χ4v) is 1.78. The summed E-state index contributed by atoms with van der Waals surface area (Å²) in [5.74, 6) is 0. The summed E-state index contributed by atoms with van der Waals surface area (Å²) in [5, 5.41) is 8.12. The number of carbonyl (C=O) groups is 1. The van der Waals surface area contributed by atoms with Gasteiger partial charge in [-0.25, -0.2) is 0 Å². The van der Waals surface area contributed by atoms with Crippen molar-refractivity contribution in [3.05, 3.63) is 42.2 Å². The molecule has 0 saturated carbocycles. The van der Waals surface area contributed by atoms with Crippen molar-refractivity contribution in [2.75, 3.05) is 0 Å². The summed E-state index contributed by atoms with van der Waals surface area (Å²) in [4.78, 5) is 11.7. The van der Waals surface area contributed by atoms with Crippen molar-refractivity contribution < 1.29 is 4.79 Å². The fourth-order valence-electron chi connectivity index (χ4n) is 1.08. The summed E-state index contributed by atoms with van der Waals surface area (Å²) < 4.78 is 1.71. The SMILES string of the molecule is Cn1cnnc1SC(=O)c1ccccc1. The van der Waals surface area contributed by atoms with Crippen LogP contribution in [0.3, 0.4) is 0 Å². The number of hydrogen-bond acceptors (Lipinski definition) is 4. The third-order valence-corrected chi connectivity index (χ3v) is 2.84. The first-order valence-corrected chi connectivity index (χ1v) is 5.20. The van der Waals surface area contributed by atoms with E-state index in [1.807, 2.05) is 18.2 Å². The maximum Gasteiger partial charge on any atom is 0.227 e. The van der Waals surface area contributed by atoms with Gasteiger partial charge in [0.25, 0.3) is 0 Å². The lowest BCUT2D eigenvalue weighted by Crippen LogP contribution is -1.96. The molecule has 0 radical (unpaired) electrons. The molecule has 5 heteroatoms. The number of aryl methyl sites for hydroxylation is 1. The van der Waals surface area contributed by atoms with Crippen LogP contribution in [0.1, 0.15) is 10.4 Å². The van der Waals surface area contributed by atoms with Gasteiger partial charge in [-0.1, -0.05) is 30.3 Å². The maximum atomic E-state index is 11.7. The van der Waals surface area contributed by atoms with Crippen LogP contribution in [-0.2, 0) is 7.05 Å². The largest absolute Gasteiger partial charge is 0.311 e. The minimum absolute atomic E-state index is 0.0216. The molecule has 2 aromatic rings. The van der Waals surface area contributed by atoms with Gasteiger partial charge in [0.15, 0.2) is 5.16 Å². The van der Waals surface area contributed by atoms with E-state index in [1.165, 1.54) is 0 Å². The number of hydrogen-bond donors (Lipinski definition) is 0. The summed E-state index contributed by atoms with van der Waals surface area (Å²) in [7, 11) is 1.81. The zero-order valence-corrected chi connectivity index (χ0v) is 8.94. The fraction of sp³-hybridized carbons (Fsp3) is 0.100. The number of thioether (sulfide) groups is 1. The highest BCUT2D eigenvalue weighted by Crippen LogP contribution is 2.19. The molecule has 1 aromatic heterocycles. The van der Waals surface area contributed by atoms with Gasteiger partial charge in [-0.05, 0) is 11.8 Å². The second-order valence-electron chi connectivity index (χ2n) is 2.98. The van der Waals surface area contributed by atoms with E-state index in [9.17, 15) is 4.79 Å². The van der Waals surface area contributed by atoms with Crippen molar-refractivity contribution in [3.63, 3.8) is 0 Å². The van der Waals surface area contributed by atoms with Crippen LogP contribution in [0.4, 0.5) is 0 Å². The predicted octanol–water partition coefficient (Wildman–Crippen LogP) is 1.75. The van der Waals surface area contributed by atoms with Crippen LogP contribution in [0, 0.1) is 0 Å². The van der Waals surface area contributed by atoms with E-state index in [0.29, 0.717) is 10.7 Å². The molecule has 0 unspecified atom stereocenters. The van der Waals surface area contributed by atoms with Crippen molar-refractivity contribution in [1.29, 1.82) is 0 Å². The van der Waals surface area contributed by atoms with Gasteiger partial charge in [-0.2, -0.15) is 0 Å². The Kier molecular flexibility index (Phi) is 2.82. The summed E-state index contributed by atoms with van der Waals surface area (Å²) >= 11 is 1.08. The van der Waals surface area contributed by atoms with Gasteiger partial charge >= 0.3 is 0 Å². The van der Waals surface area contributed by atoms with Crippen LogP contribution in [0.2, 0.25) is 0 Å². The van der Waals surface area contributed by atoms with Crippen molar-refractivity contribution in [1.82, 2.24) is 14.8 Å². The molecule has 2 rings (SSSR count). The number of carbonyl (C=O) groups excluding carboxylic acids is 1. The van der Waals surface area contributed by atoms with E-state index >= 15 is 0 Å². The van der Waals surface area contributed by atoms with E-state index in [2.05, 4.69) is 10.2 Å². The molecule has 0 atom stereocenters. The molecule has 0 N–H and O–H groups in total. The van der Waals surface area contributed by atoms with Crippen LogP contribution in [0.15, 0.2) is 41.8 Å². The van der Waals surface area contributed by atoms with Crippen molar-refractivity contribution in [2.45, 2.75) is 5.16 Å². The van der Waals surface area contributed by atoms with Gasteiger partial charge in [0, 0.05) is 12.6 Å². The highest BCUT2D eigenvalue weighted by atomic mass is 32.2. The van der Waals surface area contributed by atoms with Crippen LogP contribution in [0.5, 0.6) is 0 Å². The highest BCUT2D eigenvalue weighted by molar-refractivity contribution is 8.14. The monoisotopic (exact) mass is 219 g/mol. The Balaban J connectivity index is 2.15. The minimum Gasteiger partial charge on any atom is -0.311 e. The molecule has 0 bridgehead atoms. The molecule has 76 valence electrons. The Morgan fingerprint density at radius 1 is 1.33 bits per heavy atom. The Bertz CT molecular complexity index is 467. The lowest BCUT2D eigenvalue weighted by atomic mass is 10.2. The summed E-state index contributed by atoms with van der Waals surface area (Å²) in [6.07, 6.45) is 1.57. The molecule has 0 amide bonds. The van der Waals surface area contributed by atoms with Gasteiger partial charge < -0.3 is 4.57 Å². The Morgan fingerprint density at radius 2 is 2.07 bits per heavy atom. The quantitative estimate of drug-likeness (QED) is 0.722. The third-order valence-electron chi connectivity index (χ3n) is 1.86. The van der Waals surface area contributed by atoms with Gasteiger partial charge in [0.2, 0.25) is 5.12 Å². The molecule has 15 heavy (non-hydrogen) atoms. The summed E-state index contributed by atoms with van der Waals surface area (Å²) in [5.41, 5.74) is 0.672. The first-order valence-electron chi connectivity index (χ1n) is 4.38. The second kappa shape index (κ2) is 4.27. The number of nitrogens with zero attached hydrogens (tertiary/aromatic N) is 3.